The second-order valence-electron chi connectivity index (χ2n) is 7.63. The van der Waals surface area contributed by atoms with Crippen molar-refractivity contribution in [3.63, 3.8) is 0 Å². The number of aliphatic hydroxyl groups is 1. The van der Waals surface area contributed by atoms with Crippen molar-refractivity contribution in [1.29, 1.82) is 0 Å². The summed E-state index contributed by atoms with van der Waals surface area (Å²) in [6, 6.07) is 8.06. The average Bonchev–Trinajstić information content (AvgIpc) is 3.31. The molecule has 0 atom stereocenters. The number of nitro benzene ring substituents is 1. The molecule has 176 valence electrons. The smallest absolute Gasteiger partial charge is 0.323 e. The van der Waals surface area contributed by atoms with Crippen molar-refractivity contribution in [2.45, 2.75) is 6.54 Å². The van der Waals surface area contributed by atoms with E-state index in [-0.39, 0.29) is 47.9 Å². The molecule has 2 heterocycles. The Morgan fingerprint density at radius 1 is 1.24 bits per heavy atom. The monoisotopic (exact) mass is 460 g/mol. The Morgan fingerprint density at radius 3 is 2.73 bits per heavy atom. The number of rotatable bonds is 10. The van der Waals surface area contributed by atoms with Gasteiger partial charge in [0.1, 0.15) is 11.5 Å². The lowest BCUT2D eigenvalue weighted by atomic mass is 10.1. The highest BCUT2D eigenvalue weighted by atomic mass is 19.1. The third kappa shape index (κ3) is 5.18. The molecule has 0 aliphatic carbocycles. The first-order valence-electron chi connectivity index (χ1n) is 10.7. The van der Waals surface area contributed by atoms with Crippen molar-refractivity contribution < 1.29 is 23.8 Å². The molecule has 0 bridgehead atoms. The van der Waals surface area contributed by atoms with Gasteiger partial charge in [-0.3, -0.25) is 15.0 Å². The van der Waals surface area contributed by atoms with E-state index >= 15 is 0 Å². The molecule has 0 amide bonds. The van der Waals surface area contributed by atoms with Gasteiger partial charge >= 0.3 is 5.69 Å². The summed E-state index contributed by atoms with van der Waals surface area (Å²) in [5.41, 5.74) is 1.10. The molecule has 11 nitrogen and oxygen atoms in total. The molecule has 1 aromatic heterocycles. The third-order valence-corrected chi connectivity index (χ3v) is 5.55. The number of fused-ring (bicyclic) bond motifs is 1. The average molecular weight is 460 g/mol. The van der Waals surface area contributed by atoms with E-state index in [4.69, 9.17) is 9.37 Å². The first-order chi connectivity index (χ1) is 16.1. The van der Waals surface area contributed by atoms with Gasteiger partial charge in [0.05, 0.1) is 30.4 Å². The van der Waals surface area contributed by atoms with Gasteiger partial charge in [0.2, 0.25) is 5.52 Å². The Balaban J connectivity index is 1.75. The highest BCUT2D eigenvalue weighted by molar-refractivity contribution is 5.99. The van der Waals surface area contributed by atoms with E-state index in [1.807, 2.05) is 4.90 Å². The number of aliphatic hydroxyl groups excluding tert-OH is 1. The molecule has 0 unspecified atom stereocenters. The fourth-order valence-corrected chi connectivity index (χ4v) is 3.87. The second kappa shape index (κ2) is 10.5. The molecular weight excluding hydrogens is 435 g/mol. The number of nitrogens with zero attached hydrogens (tertiary/aromatic N) is 5. The lowest BCUT2D eigenvalue weighted by Crippen LogP contribution is -2.41. The van der Waals surface area contributed by atoms with E-state index in [9.17, 15) is 19.6 Å². The number of hydrogen-bond donors (Lipinski definition) is 2. The summed E-state index contributed by atoms with van der Waals surface area (Å²) in [6.07, 6.45) is 0. The van der Waals surface area contributed by atoms with Crippen LogP contribution in [0.2, 0.25) is 0 Å². The van der Waals surface area contributed by atoms with E-state index in [0.29, 0.717) is 37.6 Å². The number of hydrogen-bond acceptors (Lipinski definition) is 10. The van der Waals surface area contributed by atoms with Gasteiger partial charge in [-0.2, -0.15) is 0 Å². The molecule has 2 N–H and O–H groups in total. The third-order valence-electron chi connectivity index (χ3n) is 5.55. The molecule has 1 aliphatic heterocycles. The quantitative estimate of drug-likeness (QED) is 0.342. The van der Waals surface area contributed by atoms with Gasteiger partial charge in [0, 0.05) is 44.8 Å². The summed E-state index contributed by atoms with van der Waals surface area (Å²) < 4.78 is 24.8. The van der Waals surface area contributed by atoms with Crippen molar-refractivity contribution in [1.82, 2.24) is 15.2 Å². The number of anilines is 2. The van der Waals surface area contributed by atoms with Crippen LogP contribution in [0, 0.1) is 15.9 Å². The second-order valence-corrected chi connectivity index (χ2v) is 7.63. The van der Waals surface area contributed by atoms with Crippen LogP contribution in [0.25, 0.3) is 11.0 Å². The number of nitro groups is 1. The number of aromatic nitrogens is 2. The lowest BCUT2D eigenvalue weighted by Gasteiger charge is -2.31. The highest BCUT2D eigenvalue weighted by Gasteiger charge is 2.28. The molecule has 1 saturated heterocycles. The van der Waals surface area contributed by atoms with Gasteiger partial charge in [0.25, 0.3) is 0 Å². The van der Waals surface area contributed by atoms with Crippen LogP contribution in [0.15, 0.2) is 35.0 Å². The zero-order valence-corrected chi connectivity index (χ0v) is 17.9. The van der Waals surface area contributed by atoms with Crippen LogP contribution in [-0.2, 0) is 11.3 Å². The zero-order valence-electron chi connectivity index (χ0n) is 17.9. The van der Waals surface area contributed by atoms with Gasteiger partial charge in [0.15, 0.2) is 5.52 Å². The van der Waals surface area contributed by atoms with Gasteiger partial charge in [-0.15, -0.1) is 0 Å². The van der Waals surface area contributed by atoms with Crippen LogP contribution < -0.4 is 10.2 Å². The van der Waals surface area contributed by atoms with Crippen molar-refractivity contribution in [3.8, 4) is 0 Å². The van der Waals surface area contributed by atoms with Gasteiger partial charge in [-0.1, -0.05) is 18.2 Å². The van der Waals surface area contributed by atoms with Crippen LogP contribution in [0.4, 0.5) is 21.5 Å². The molecule has 12 heteroatoms. The molecule has 4 rings (SSSR count). The van der Waals surface area contributed by atoms with Gasteiger partial charge < -0.3 is 20.1 Å². The minimum Gasteiger partial charge on any atom is -0.395 e. The Morgan fingerprint density at radius 2 is 2.00 bits per heavy atom. The first kappa shape index (κ1) is 22.8. The van der Waals surface area contributed by atoms with Crippen molar-refractivity contribution >= 4 is 28.1 Å². The standard InChI is InChI=1S/C21H25FN6O5/c22-16-4-2-1-3-15(16)14-27(7-6-26-8-11-32-12-9-26)18-13-17(23-5-10-29)21(28(30)31)20-19(18)24-33-25-20/h1-4,13,23,29H,5-12,14H2. The highest BCUT2D eigenvalue weighted by Crippen LogP contribution is 2.39. The van der Waals surface area contributed by atoms with E-state index in [0.717, 1.165) is 13.1 Å². The number of nitrogens with one attached hydrogen (secondary N) is 1. The maximum Gasteiger partial charge on any atom is 0.323 e. The number of morpholine rings is 1. The minimum absolute atomic E-state index is 0.0113. The Kier molecular flexibility index (Phi) is 7.27. The topological polar surface area (TPSA) is 130 Å². The van der Waals surface area contributed by atoms with Crippen molar-refractivity contribution in [3.05, 3.63) is 51.8 Å². The minimum atomic E-state index is -0.565. The largest absolute Gasteiger partial charge is 0.395 e. The SMILES string of the molecule is O=[N+]([O-])c1c(NCCO)cc(N(CCN2CCOCC2)Cc2ccccc2F)c2nonc12. The summed E-state index contributed by atoms with van der Waals surface area (Å²) in [5, 5.41) is 31.5. The summed E-state index contributed by atoms with van der Waals surface area (Å²) in [7, 11) is 0. The van der Waals surface area contributed by atoms with E-state index in [1.165, 1.54) is 6.07 Å². The predicted molar refractivity (Wildman–Crippen MR) is 119 cm³/mol. The first-order valence-corrected chi connectivity index (χ1v) is 10.7. The number of halogens is 1. The van der Waals surface area contributed by atoms with Crippen LogP contribution in [0.5, 0.6) is 0 Å². The predicted octanol–water partition coefficient (Wildman–Crippen LogP) is 2.01. The Hall–Kier alpha value is -3.35. The van der Waals surface area contributed by atoms with Crippen molar-refractivity contribution in [2.24, 2.45) is 0 Å². The molecule has 2 aromatic carbocycles. The summed E-state index contributed by atoms with van der Waals surface area (Å²) in [4.78, 5) is 15.3. The van der Waals surface area contributed by atoms with E-state index in [1.54, 1.807) is 24.3 Å². The molecule has 0 saturated carbocycles. The molecule has 1 fully saturated rings. The van der Waals surface area contributed by atoms with Gasteiger partial charge in [-0.05, 0) is 22.4 Å². The summed E-state index contributed by atoms with van der Waals surface area (Å²) in [6.45, 7) is 4.19. The number of ether oxygens (including phenoxy) is 1. The summed E-state index contributed by atoms with van der Waals surface area (Å²) in [5.74, 6) is -0.344. The molecular formula is C21H25FN6O5. The number of benzene rings is 2. The molecule has 1 aliphatic rings. The van der Waals surface area contributed by atoms with Crippen molar-refractivity contribution in [2.75, 3.05) is 62.8 Å². The molecule has 0 spiro atoms. The Labute approximate surface area is 188 Å². The fourth-order valence-electron chi connectivity index (χ4n) is 3.87. The Bertz CT molecular complexity index is 1100. The zero-order chi connectivity index (χ0) is 23.2. The molecule has 3 aromatic rings. The fraction of sp³-hybridized carbons (Fsp3) is 0.429. The lowest BCUT2D eigenvalue weighted by molar-refractivity contribution is -0.382. The molecule has 0 radical (unpaired) electrons. The maximum absolute atomic E-state index is 14.5. The summed E-state index contributed by atoms with van der Waals surface area (Å²) >= 11 is 0. The normalized spacial score (nSPS) is 14.5. The van der Waals surface area contributed by atoms with Crippen LogP contribution >= 0.6 is 0 Å². The van der Waals surface area contributed by atoms with Crippen LogP contribution in [-0.4, -0.2) is 77.8 Å². The van der Waals surface area contributed by atoms with E-state index in [2.05, 4.69) is 20.5 Å². The maximum atomic E-state index is 14.5. The van der Waals surface area contributed by atoms with E-state index < -0.39 is 4.92 Å². The van der Waals surface area contributed by atoms with Crippen LogP contribution in [0.3, 0.4) is 0 Å². The van der Waals surface area contributed by atoms with Gasteiger partial charge in [-0.25, -0.2) is 9.02 Å². The molecule has 33 heavy (non-hydrogen) atoms. The van der Waals surface area contributed by atoms with Crippen LogP contribution in [0.1, 0.15) is 5.56 Å².